The number of hydrogen-bond acceptors (Lipinski definition) is 2. The molecule has 0 radical (unpaired) electrons. The summed E-state index contributed by atoms with van der Waals surface area (Å²) in [5.74, 6) is 0.915. The van der Waals surface area contributed by atoms with Crippen LogP contribution in [0.4, 0.5) is 0 Å². The van der Waals surface area contributed by atoms with Gasteiger partial charge >= 0.3 is 0 Å². The first-order valence-electron chi connectivity index (χ1n) is 8.41. The average molecular weight is 304 g/mol. The van der Waals surface area contributed by atoms with Gasteiger partial charge in [-0.3, -0.25) is 0 Å². The Morgan fingerprint density at radius 3 is 2.41 bits per heavy atom. The molecule has 0 heterocycles. The number of guanidine groups is 1. The minimum Gasteiger partial charge on any atom is -0.357 e. The first kappa shape index (κ1) is 18.5. The second-order valence-electron chi connectivity index (χ2n) is 5.84. The Morgan fingerprint density at radius 1 is 1.05 bits per heavy atom. The molecule has 4 nitrogen and oxygen atoms in total. The van der Waals surface area contributed by atoms with Crippen molar-refractivity contribution in [3.05, 3.63) is 35.4 Å². The van der Waals surface area contributed by atoms with Crippen LogP contribution in [0.3, 0.4) is 0 Å². The van der Waals surface area contributed by atoms with E-state index in [1.807, 2.05) is 0 Å². The van der Waals surface area contributed by atoms with Gasteiger partial charge in [0.05, 0.1) is 6.54 Å². The van der Waals surface area contributed by atoms with Gasteiger partial charge in [-0.15, -0.1) is 0 Å². The molecule has 0 aliphatic heterocycles. The van der Waals surface area contributed by atoms with Gasteiger partial charge in [-0.2, -0.15) is 0 Å². The predicted octanol–water partition coefficient (Wildman–Crippen LogP) is 2.99. The maximum atomic E-state index is 4.73. The van der Waals surface area contributed by atoms with E-state index in [1.54, 1.807) is 0 Å². The van der Waals surface area contributed by atoms with E-state index in [4.69, 9.17) is 4.99 Å². The minimum atomic E-state index is 0.715. The molecule has 1 aromatic rings. The lowest BCUT2D eigenvalue weighted by Gasteiger charge is -2.14. The van der Waals surface area contributed by atoms with Crippen molar-refractivity contribution in [1.29, 1.82) is 0 Å². The van der Waals surface area contributed by atoms with Crippen LogP contribution in [0.1, 0.15) is 44.2 Å². The number of rotatable bonds is 9. The number of nitrogens with one attached hydrogen (secondary N) is 2. The molecule has 0 aromatic heterocycles. The molecule has 4 heteroatoms. The molecule has 124 valence electrons. The monoisotopic (exact) mass is 304 g/mol. The summed E-state index contributed by atoms with van der Waals surface area (Å²) < 4.78 is 0. The van der Waals surface area contributed by atoms with Gasteiger partial charge in [0.1, 0.15) is 0 Å². The molecular formula is C18H32N4. The van der Waals surface area contributed by atoms with Crippen LogP contribution in [0.5, 0.6) is 0 Å². The van der Waals surface area contributed by atoms with E-state index in [-0.39, 0.29) is 0 Å². The highest BCUT2D eigenvalue weighted by molar-refractivity contribution is 5.79. The number of benzene rings is 1. The van der Waals surface area contributed by atoms with Crippen molar-refractivity contribution < 1.29 is 0 Å². The number of unbranched alkanes of at least 4 members (excludes halogenated alkanes) is 2. The van der Waals surface area contributed by atoms with Gasteiger partial charge < -0.3 is 15.5 Å². The van der Waals surface area contributed by atoms with Gasteiger partial charge in [-0.05, 0) is 38.6 Å². The largest absolute Gasteiger partial charge is 0.357 e. The third kappa shape index (κ3) is 7.46. The van der Waals surface area contributed by atoms with Gasteiger partial charge in [-0.25, -0.2) is 4.99 Å². The maximum Gasteiger partial charge on any atom is 0.191 e. The molecule has 2 N–H and O–H groups in total. The Bertz CT molecular complexity index is 440. The van der Waals surface area contributed by atoms with Crippen molar-refractivity contribution in [2.45, 2.75) is 46.2 Å². The average Bonchev–Trinajstić information content (AvgIpc) is 2.49. The zero-order valence-corrected chi connectivity index (χ0v) is 14.7. The third-order valence-electron chi connectivity index (χ3n) is 3.43. The Kier molecular flexibility index (Phi) is 9.31. The Hall–Kier alpha value is -1.55. The van der Waals surface area contributed by atoms with Gasteiger partial charge in [0, 0.05) is 19.6 Å². The lowest BCUT2D eigenvalue weighted by molar-refractivity contribution is 0.401. The summed E-state index contributed by atoms with van der Waals surface area (Å²) in [4.78, 5) is 6.92. The normalized spacial score (nSPS) is 11.8. The van der Waals surface area contributed by atoms with Crippen LogP contribution in [-0.2, 0) is 13.1 Å². The summed E-state index contributed by atoms with van der Waals surface area (Å²) in [5, 5.41) is 6.73. The van der Waals surface area contributed by atoms with Crippen LogP contribution in [0.15, 0.2) is 29.3 Å². The molecule has 0 spiro atoms. The standard InChI is InChI=1S/C18H32N4/c1-5-7-10-13-20-18(19-6-2)21-14-16-11-8-9-12-17(16)15-22(3)4/h8-9,11-12H,5-7,10,13-15H2,1-4H3,(H2,19,20,21). The van der Waals surface area contributed by atoms with Crippen molar-refractivity contribution in [2.75, 3.05) is 27.2 Å². The lowest BCUT2D eigenvalue weighted by Crippen LogP contribution is -2.37. The predicted molar refractivity (Wildman–Crippen MR) is 96.2 cm³/mol. The zero-order valence-electron chi connectivity index (χ0n) is 14.7. The molecular weight excluding hydrogens is 272 g/mol. The highest BCUT2D eigenvalue weighted by Gasteiger charge is 2.03. The second-order valence-corrected chi connectivity index (χ2v) is 5.84. The topological polar surface area (TPSA) is 39.7 Å². The van der Waals surface area contributed by atoms with Gasteiger partial charge in [0.2, 0.25) is 0 Å². The van der Waals surface area contributed by atoms with Crippen LogP contribution >= 0.6 is 0 Å². The van der Waals surface area contributed by atoms with E-state index in [9.17, 15) is 0 Å². The summed E-state index contributed by atoms with van der Waals surface area (Å²) in [6, 6.07) is 8.54. The van der Waals surface area contributed by atoms with Crippen LogP contribution in [0.2, 0.25) is 0 Å². The Labute approximate surface area is 136 Å². The van der Waals surface area contributed by atoms with E-state index in [0.717, 1.165) is 25.6 Å². The number of aliphatic imine (C=N–C) groups is 1. The fourth-order valence-corrected chi connectivity index (χ4v) is 2.29. The first-order chi connectivity index (χ1) is 10.7. The zero-order chi connectivity index (χ0) is 16.2. The minimum absolute atomic E-state index is 0.715. The third-order valence-corrected chi connectivity index (χ3v) is 3.43. The van der Waals surface area contributed by atoms with E-state index in [1.165, 1.54) is 30.4 Å². The van der Waals surface area contributed by atoms with Gasteiger partial charge in [0.15, 0.2) is 5.96 Å². The van der Waals surface area contributed by atoms with Crippen LogP contribution in [0, 0.1) is 0 Å². The van der Waals surface area contributed by atoms with Gasteiger partial charge in [0.25, 0.3) is 0 Å². The maximum absolute atomic E-state index is 4.73. The van der Waals surface area contributed by atoms with E-state index in [0.29, 0.717) is 6.54 Å². The smallest absolute Gasteiger partial charge is 0.191 e. The van der Waals surface area contributed by atoms with Crippen molar-refractivity contribution >= 4 is 5.96 Å². The highest BCUT2D eigenvalue weighted by Crippen LogP contribution is 2.11. The fraction of sp³-hybridized carbons (Fsp3) is 0.611. The number of hydrogen-bond donors (Lipinski definition) is 2. The molecule has 0 aliphatic carbocycles. The molecule has 22 heavy (non-hydrogen) atoms. The molecule has 0 bridgehead atoms. The van der Waals surface area contributed by atoms with Crippen LogP contribution in [0.25, 0.3) is 0 Å². The Balaban J connectivity index is 2.64. The van der Waals surface area contributed by atoms with Gasteiger partial charge in [-0.1, -0.05) is 44.0 Å². The summed E-state index contributed by atoms with van der Waals surface area (Å²) >= 11 is 0. The molecule has 1 rings (SSSR count). The quantitative estimate of drug-likeness (QED) is 0.418. The molecule has 0 atom stereocenters. The van der Waals surface area contributed by atoms with E-state index < -0.39 is 0 Å². The SMILES string of the molecule is CCCCCNC(=NCc1ccccc1CN(C)C)NCC. The molecule has 0 amide bonds. The molecule has 0 fully saturated rings. The summed E-state index contributed by atoms with van der Waals surface area (Å²) in [6.07, 6.45) is 3.70. The summed E-state index contributed by atoms with van der Waals surface area (Å²) in [7, 11) is 4.19. The van der Waals surface area contributed by atoms with E-state index in [2.05, 4.69) is 67.7 Å². The van der Waals surface area contributed by atoms with Crippen LogP contribution < -0.4 is 10.6 Å². The molecule has 0 unspecified atom stereocenters. The van der Waals surface area contributed by atoms with Crippen molar-refractivity contribution in [1.82, 2.24) is 15.5 Å². The fourth-order valence-electron chi connectivity index (χ4n) is 2.29. The van der Waals surface area contributed by atoms with E-state index >= 15 is 0 Å². The first-order valence-corrected chi connectivity index (χ1v) is 8.41. The molecule has 0 aliphatic rings. The summed E-state index contributed by atoms with van der Waals surface area (Å²) in [5.41, 5.74) is 2.64. The second kappa shape index (κ2) is 11.1. The molecule has 0 saturated heterocycles. The van der Waals surface area contributed by atoms with Crippen molar-refractivity contribution in [3.63, 3.8) is 0 Å². The molecule has 1 aromatic carbocycles. The van der Waals surface area contributed by atoms with Crippen molar-refractivity contribution in [2.24, 2.45) is 4.99 Å². The van der Waals surface area contributed by atoms with Crippen LogP contribution in [-0.4, -0.2) is 38.0 Å². The Morgan fingerprint density at radius 2 is 1.77 bits per heavy atom. The highest BCUT2D eigenvalue weighted by atomic mass is 15.2. The summed E-state index contributed by atoms with van der Waals surface area (Å²) in [6.45, 7) is 7.86. The van der Waals surface area contributed by atoms with Crippen molar-refractivity contribution in [3.8, 4) is 0 Å². The molecule has 0 saturated carbocycles. The number of nitrogens with zero attached hydrogens (tertiary/aromatic N) is 2. The lowest BCUT2D eigenvalue weighted by atomic mass is 10.1.